The Morgan fingerprint density at radius 1 is 1.29 bits per heavy atom. The lowest BCUT2D eigenvalue weighted by atomic mass is 10.2. The van der Waals surface area contributed by atoms with Gasteiger partial charge in [0, 0.05) is 20.5 Å². The molecule has 4 heteroatoms. The maximum Gasteiger partial charge on any atom is 0.167 e. The molecule has 1 aromatic carbocycles. The number of rotatable bonds is 2. The Morgan fingerprint density at radius 2 is 2.00 bits per heavy atom. The van der Waals surface area contributed by atoms with Crippen LogP contribution in [-0.2, 0) is 5.33 Å². The van der Waals surface area contributed by atoms with Gasteiger partial charge in [-0.3, -0.25) is 0 Å². The van der Waals surface area contributed by atoms with Crippen molar-refractivity contribution in [1.29, 1.82) is 0 Å². The van der Waals surface area contributed by atoms with E-state index in [-0.39, 0.29) is 0 Å². The van der Waals surface area contributed by atoms with Gasteiger partial charge in [-0.1, -0.05) is 33.2 Å². The van der Waals surface area contributed by atoms with Gasteiger partial charge >= 0.3 is 0 Å². The van der Waals surface area contributed by atoms with Crippen molar-refractivity contribution in [2.24, 2.45) is 0 Å². The van der Waals surface area contributed by atoms with Crippen LogP contribution in [-0.4, -0.2) is 5.16 Å². The first-order valence-electron chi connectivity index (χ1n) is 4.07. The van der Waals surface area contributed by atoms with Crippen LogP contribution in [0.4, 0.5) is 0 Å². The molecular weight excluding hydrogens is 357 g/mol. The monoisotopic (exact) mass is 363 g/mol. The Morgan fingerprint density at radius 3 is 2.57 bits per heavy atom. The van der Waals surface area contributed by atoms with Crippen molar-refractivity contribution in [2.45, 2.75) is 5.33 Å². The molecule has 0 N–H and O–H groups in total. The second-order valence-corrected chi connectivity index (χ2v) is 4.63. The Bertz CT molecular complexity index is 424. The first-order chi connectivity index (χ1) is 6.79. The maximum atomic E-state index is 5.20. The number of nitrogens with zero attached hydrogens (tertiary/aromatic N) is 1. The molecule has 0 aliphatic heterocycles. The second kappa shape index (κ2) is 4.44. The van der Waals surface area contributed by atoms with Gasteiger partial charge in [-0.15, -0.1) is 0 Å². The van der Waals surface area contributed by atoms with Gasteiger partial charge in [0.1, 0.15) is 0 Å². The van der Waals surface area contributed by atoms with Crippen LogP contribution in [0.2, 0.25) is 0 Å². The Labute approximate surface area is 104 Å². The minimum atomic E-state index is 0.723. The summed E-state index contributed by atoms with van der Waals surface area (Å²) < 4.78 is 6.41. The summed E-state index contributed by atoms with van der Waals surface area (Å²) in [5.74, 6) is 0.816. The molecule has 0 saturated carbocycles. The molecular formula is C10H7BrINO. The summed E-state index contributed by atoms with van der Waals surface area (Å²) in [6, 6.07) is 10.1. The molecule has 72 valence electrons. The standard InChI is InChI=1S/C10H7BrINO/c11-6-9-5-10(14-13-9)7-1-3-8(12)4-2-7/h1-5H,6H2. The SMILES string of the molecule is BrCc1cc(-c2ccc(I)cc2)on1. The van der Waals surface area contributed by atoms with Crippen molar-refractivity contribution in [1.82, 2.24) is 5.16 Å². The zero-order chi connectivity index (χ0) is 9.97. The third-order valence-corrected chi connectivity index (χ3v) is 3.12. The fourth-order valence-corrected chi connectivity index (χ4v) is 1.75. The van der Waals surface area contributed by atoms with Crippen molar-refractivity contribution < 1.29 is 4.52 Å². The largest absolute Gasteiger partial charge is 0.356 e. The third kappa shape index (κ3) is 2.17. The summed E-state index contributed by atoms with van der Waals surface area (Å²) >= 11 is 5.61. The predicted octanol–water partition coefficient (Wildman–Crippen LogP) is 3.84. The number of alkyl halides is 1. The smallest absolute Gasteiger partial charge is 0.167 e. The van der Waals surface area contributed by atoms with E-state index >= 15 is 0 Å². The van der Waals surface area contributed by atoms with E-state index in [0.29, 0.717) is 0 Å². The van der Waals surface area contributed by atoms with Gasteiger partial charge in [0.05, 0.1) is 5.69 Å². The highest BCUT2D eigenvalue weighted by Gasteiger charge is 2.04. The zero-order valence-electron chi connectivity index (χ0n) is 7.21. The van der Waals surface area contributed by atoms with Crippen molar-refractivity contribution in [2.75, 3.05) is 0 Å². The van der Waals surface area contributed by atoms with Crippen LogP contribution >= 0.6 is 38.5 Å². The van der Waals surface area contributed by atoms with E-state index in [9.17, 15) is 0 Å². The molecule has 0 atom stereocenters. The van der Waals surface area contributed by atoms with Gasteiger partial charge in [-0.2, -0.15) is 0 Å². The third-order valence-electron chi connectivity index (χ3n) is 1.82. The summed E-state index contributed by atoms with van der Waals surface area (Å²) in [5.41, 5.74) is 1.98. The van der Waals surface area contributed by atoms with Crippen LogP contribution in [0.1, 0.15) is 5.69 Å². The molecule has 0 spiro atoms. The summed E-state index contributed by atoms with van der Waals surface area (Å²) in [4.78, 5) is 0. The quantitative estimate of drug-likeness (QED) is 0.598. The average Bonchev–Trinajstić information content (AvgIpc) is 2.67. The average molecular weight is 364 g/mol. The van der Waals surface area contributed by atoms with E-state index in [0.717, 1.165) is 22.3 Å². The minimum absolute atomic E-state index is 0.723. The van der Waals surface area contributed by atoms with Crippen LogP contribution < -0.4 is 0 Å². The van der Waals surface area contributed by atoms with Gasteiger partial charge in [-0.25, -0.2) is 0 Å². The molecule has 0 amide bonds. The van der Waals surface area contributed by atoms with Crippen LogP contribution in [0.3, 0.4) is 0 Å². The van der Waals surface area contributed by atoms with E-state index in [4.69, 9.17) is 4.52 Å². The molecule has 0 bridgehead atoms. The van der Waals surface area contributed by atoms with Gasteiger partial charge in [-0.05, 0) is 34.7 Å². The van der Waals surface area contributed by atoms with Crippen LogP contribution in [0.25, 0.3) is 11.3 Å². The molecule has 2 nitrogen and oxygen atoms in total. The minimum Gasteiger partial charge on any atom is -0.356 e. The molecule has 1 heterocycles. The molecule has 0 aliphatic rings. The van der Waals surface area contributed by atoms with Crippen molar-refractivity contribution in [3.63, 3.8) is 0 Å². The highest BCUT2D eigenvalue weighted by Crippen LogP contribution is 2.21. The lowest BCUT2D eigenvalue weighted by Crippen LogP contribution is -1.74. The van der Waals surface area contributed by atoms with Crippen LogP contribution in [0, 0.1) is 3.57 Å². The Hall–Kier alpha value is -0.360. The molecule has 0 unspecified atom stereocenters. The van der Waals surface area contributed by atoms with E-state index in [2.05, 4.69) is 43.7 Å². The fourth-order valence-electron chi connectivity index (χ4n) is 1.12. The van der Waals surface area contributed by atoms with E-state index < -0.39 is 0 Å². The number of halogens is 2. The van der Waals surface area contributed by atoms with Crippen molar-refractivity contribution in [3.8, 4) is 11.3 Å². The first-order valence-corrected chi connectivity index (χ1v) is 6.27. The van der Waals surface area contributed by atoms with Crippen LogP contribution in [0.5, 0.6) is 0 Å². The first kappa shape index (κ1) is 10.2. The van der Waals surface area contributed by atoms with E-state index in [1.54, 1.807) is 0 Å². The molecule has 2 rings (SSSR count). The van der Waals surface area contributed by atoms with Gasteiger partial charge in [0.25, 0.3) is 0 Å². The summed E-state index contributed by atoms with van der Waals surface area (Å²) in [5, 5.41) is 4.63. The molecule has 1 aromatic heterocycles. The number of benzene rings is 1. The molecule has 0 saturated heterocycles. The lowest BCUT2D eigenvalue weighted by Gasteiger charge is -1.94. The maximum absolute atomic E-state index is 5.20. The summed E-state index contributed by atoms with van der Waals surface area (Å²) in [7, 11) is 0. The predicted molar refractivity (Wildman–Crippen MR) is 67.3 cm³/mol. The van der Waals surface area contributed by atoms with Gasteiger partial charge < -0.3 is 4.52 Å². The normalized spacial score (nSPS) is 10.4. The highest BCUT2D eigenvalue weighted by atomic mass is 127. The number of aromatic nitrogens is 1. The van der Waals surface area contributed by atoms with Crippen molar-refractivity contribution >= 4 is 38.5 Å². The summed E-state index contributed by atoms with van der Waals surface area (Å²) in [6.45, 7) is 0. The van der Waals surface area contributed by atoms with Gasteiger partial charge in [0.2, 0.25) is 0 Å². The molecule has 0 radical (unpaired) electrons. The lowest BCUT2D eigenvalue weighted by molar-refractivity contribution is 0.426. The van der Waals surface area contributed by atoms with E-state index in [1.807, 2.05) is 30.3 Å². The Balaban J connectivity index is 2.34. The number of hydrogen-bond acceptors (Lipinski definition) is 2. The van der Waals surface area contributed by atoms with E-state index in [1.165, 1.54) is 3.57 Å². The topological polar surface area (TPSA) is 26.0 Å². The Kier molecular flexibility index (Phi) is 3.22. The summed E-state index contributed by atoms with van der Waals surface area (Å²) in [6.07, 6.45) is 0. The van der Waals surface area contributed by atoms with Crippen LogP contribution in [0.15, 0.2) is 34.9 Å². The molecule has 0 fully saturated rings. The second-order valence-electron chi connectivity index (χ2n) is 2.82. The molecule has 14 heavy (non-hydrogen) atoms. The fraction of sp³-hybridized carbons (Fsp3) is 0.100. The highest BCUT2D eigenvalue weighted by molar-refractivity contribution is 14.1. The zero-order valence-corrected chi connectivity index (χ0v) is 10.9. The number of hydrogen-bond donors (Lipinski definition) is 0. The van der Waals surface area contributed by atoms with Gasteiger partial charge in [0.15, 0.2) is 5.76 Å². The molecule has 2 aromatic rings. The van der Waals surface area contributed by atoms with Crippen molar-refractivity contribution in [3.05, 3.63) is 39.6 Å². The molecule has 0 aliphatic carbocycles.